The van der Waals surface area contributed by atoms with Crippen LogP contribution in [0.4, 0.5) is 0 Å². The number of hydrogen-bond acceptors (Lipinski definition) is 3. The normalized spacial score (nSPS) is 11.8. The number of rotatable bonds is 2. The number of aromatic nitrogens is 3. The molecule has 0 aliphatic rings. The van der Waals surface area contributed by atoms with Gasteiger partial charge in [-0.15, -0.1) is 0 Å². The standard InChI is InChI=1S/C16H17N3O/c1-16(2,3)20-14-6-4-12(5-7-14)13-10-17-15-8-9-18-19(15)11-13/h4-11H,1-3H3. The Balaban J connectivity index is 1.90. The van der Waals surface area contributed by atoms with Crippen molar-refractivity contribution in [2.24, 2.45) is 0 Å². The van der Waals surface area contributed by atoms with E-state index in [4.69, 9.17) is 4.74 Å². The molecule has 0 amide bonds. The lowest BCUT2D eigenvalue weighted by Gasteiger charge is -2.21. The summed E-state index contributed by atoms with van der Waals surface area (Å²) in [6.45, 7) is 6.11. The molecule has 0 saturated heterocycles. The van der Waals surface area contributed by atoms with Crippen molar-refractivity contribution in [2.45, 2.75) is 26.4 Å². The lowest BCUT2D eigenvalue weighted by atomic mass is 10.1. The first-order valence-corrected chi connectivity index (χ1v) is 6.60. The van der Waals surface area contributed by atoms with Crippen LogP contribution in [0.2, 0.25) is 0 Å². The molecule has 0 spiro atoms. The Hall–Kier alpha value is -2.36. The number of ether oxygens (including phenoxy) is 1. The van der Waals surface area contributed by atoms with Gasteiger partial charge in [-0.1, -0.05) is 12.1 Å². The second kappa shape index (κ2) is 4.63. The zero-order chi connectivity index (χ0) is 14.2. The summed E-state index contributed by atoms with van der Waals surface area (Å²) < 4.78 is 7.59. The Bertz CT molecular complexity index is 723. The lowest BCUT2D eigenvalue weighted by Crippen LogP contribution is -2.22. The van der Waals surface area contributed by atoms with Crippen molar-refractivity contribution in [3.05, 3.63) is 48.9 Å². The molecule has 0 aliphatic carbocycles. The van der Waals surface area contributed by atoms with Gasteiger partial charge in [0.05, 0.1) is 6.20 Å². The van der Waals surface area contributed by atoms with E-state index in [1.165, 1.54) is 0 Å². The van der Waals surface area contributed by atoms with Crippen LogP contribution >= 0.6 is 0 Å². The van der Waals surface area contributed by atoms with Gasteiger partial charge in [0.2, 0.25) is 0 Å². The van der Waals surface area contributed by atoms with Crippen molar-refractivity contribution >= 4 is 5.65 Å². The molecule has 4 heteroatoms. The monoisotopic (exact) mass is 267 g/mol. The highest BCUT2D eigenvalue weighted by Crippen LogP contribution is 2.24. The molecule has 1 aromatic carbocycles. The minimum atomic E-state index is -0.183. The maximum Gasteiger partial charge on any atom is 0.154 e. The third-order valence-corrected chi connectivity index (χ3v) is 2.86. The van der Waals surface area contributed by atoms with Crippen molar-refractivity contribution in [3.8, 4) is 16.9 Å². The van der Waals surface area contributed by atoms with Crippen LogP contribution in [0.15, 0.2) is 48.9 Å². The average Bonchev–Trinajstić information content (AvgIpc) is 2.85. The number of fused-ring (bicyclic) bond motifs is 1. The molecule has 0 fully saturated rings. The van der Waals surface area contributed by atoms with Crippen LogP contribution in [0, 0.1) is 0 Å². The summed E-state index contributed by atoms with van der Waals surface area (Å²) in [6, 6.07) is 9.91. The van der Waals surface area contributed by atoms with Gasteiger partial charge < -0.3 is 4.74 Å². The van der Waals surface area contributed by atoms with Crippen molar-refractivity contribution < 1.29 is 4.74 Å². The third kappa shape index (κ3) is 2.64. The Morgan fingerprint density at radius 1 is 1.00 bits per heavy atom. The zero-order valence-electron chi connectivity index (χ0n) is 11.9. The summed E-state index contributed by atoms with van der Waals surface area (Å²) in [5.74, 6) is 0.870. The van der Waals surface area contributed by atoms with E-state index in [1.807, 2.05) is 63.5 Å². The van der Waals surface area contributed by atoms with E-state index < -0.39 is 0 Å². The molecule has 0 saturated carbocycles. The smallest absolute Gasteiger partial charge is 0.154 e. The quantitative estimate of drug-likeness (QED) is 0.712. The van der Waals surface area contributed by atoms with E-state index in [0.717, 1.165) is 22.5 Å². The molecule has 2 heterocycles. The molecule has 3 rings (SSSR count). The van der Waals surface area contributed by atoms with E-state index in [9.17, 15) is 0 Å². The Morgan fingerprint density at radius 2 is 1.75 bits per heavy atom. The molecular weight excluding hydrogens is 250 g/mol. The van der Waals surface area contributed by atoms with Crippen molar-refractivity contribution in [3.63, 3.8) is 0 Å². The predicted molar refractivity (Wildman–Crippen MR) is 78.8 cm³/mol. The molecule has 0 unspecified atom stereocenters. The van der Waals surface area contributed by atoms with Gasteiger partial charge in [0.25, 0.3) is 0 Å². The van der Waals surface area contributed by atoms with E-state index >= 15 is 0 Å². The highest BCUT2D eigenvalue weighted by molar-refractivity contribution is 5.63. The zero-order valence-corrected chi connectivity index (χ0v) is 11.9. The van der Waals surface area contributed by atoms with Crippen LogP contribution in [0.3, 0.4) is 0 Å². The van der Waals surface area contributed by atoms with Gasteiger partial charge in [-0.25, -0.2) is 9.50 Å². The van der Waals surface area contributed by atoms with Gasteiger partial charge in [0.15, 0.2) is 5.65 Å². The molecule has 102 valence electrons. The van der Waals surface area contributed by atoms with Crippen LogP contribution < -0.4 is 4.74 Å². The molecule has 20 heavy (non-hydrogen) atoms. The fourth-order valence-electron chi connectivity index (χ4n) is 2.03. The van der Waals surface area contributed by atoms with Crippen LogP contribution in [0.5, 0.6) is 5.75 Å². The highest BCUT2D eigenvalue weighted by Gasteiger charge is 2.11. The second-order valence-corrected chi connectivity index (χ2v) is 5.72. The number of benzene rings is 1. The van der Waals surface area contributed by atoms with Crippen molar-refractivity contribution in [2.75, 3.05) is 0 Å². The first-order chi connectivity index (χ1) is 9.51. The first kappa shape index (κ1) is 12.7. The van der Waals surface area contributed by atoms with Gasteiger partial charge >= 0.3 is 0 Å². The molecule has 0 bridgehead atoms. The molecule has 0 atom stereocenters. The SMILES string of the molecule is CC(C)(C)Oc1ccc(-c2cnc3ccnn3c2)cc1. The molecular formula is C16H17N3O. The maximum atomic E-state index is 5.82. The lowest BCUT2D eigenvalue weighted by molar-refractivity contribution is 0.131. The summed E-state index contributed by atoms with van der Waals surface area (Å²) >= 11 is 0. The molecule has 2 aromatic heterocycles. The van der Waals surface area contributed by atoms with E-state index in [-0.39, 0.29) is 5.60 Å². The highest BCUT2D eigenvalue weighted by atomic mass is 16.5. The molecule has 0 N–H and O–H groups in total. The van der Waals surface area contributed by atoms with Crippen molar-refractivity contribution in [1.82, 2.24) is 14.6 Å². The van der Waals surface area contributed by atoms with Crippen molar-refractivity contribution in [1.29, 1.82) is 0 Å². The Morgan fingerprint density at radius 3 is 2.45 bits per heavy atom. The van der Waals surface area contributed by atoms with Gasteiger partial charge in [0.1, 0.15) is 11.4 Å². The number of nitrogens with zero attached hydrogens (tertiary/aromatic N) is 3. The van der Waals surface area contributed by atoms with E-state index in [1.54, 1.807) is 10.7 Å². The predicted octanol–water partition coefficient (Wildman–Crippen LogP) is 3.57. The third-order valence-electron chi connectivity index (χ3n) is 2.86. The van der Waals surface area contributed by atoms with Crippen LogP contribution in [0.1, 0.15) is 20.8 Å². The minimum Gasteiger partial charge on any atom is -0.488 e. The van der Waals surface area contributed by atoms with Gasteiger partial charge in [-0.05, 0) is 38.5 Å². The van der Waals surface area contributed by atoms with Gasteiger partial charge in [-0.2, -0.15) is 5.10 Å². The molecule has 0 aliphatic heterocycles. The minimum absolute atomic E-state index is 0.183. The molecule has 4 nitrogen and oxygen atoms in total. The van der Waals surface area contributed by atoms with Gasteiger partial charge in [0, 0.05) is 24.0 Å². The Labute approximate surface area is 118 Å². The summed E-state index contributed by atoms with van der Waals surface area (Å²) in [5.41, 5.74) is 2.79. The molecule has 0 radical (unpaired) electrons. The summed E-state index contributed by atoms with van der Waals surface area (Å²) in [6.07, 6.45) is 5.57. The number of hydrogen-bond donors (Lipinski definition) is 0. The van der Waals surface area contributed by atoms with E-state index in [0.29, 0.717) is 0 Å². The van der Waals surface area contributed by atoms with Gasteiger partial charge in [-0.3, -0.25) is 0 Å². The fraction of sp³-hybridized carbons (Fsp3) is 0.250. The average molecular weight is 267 g/mol. The van der Waals surface area contributed by atoms with Crippen LogP contribution in [-0.4, -0.2) is 20.2 Å². The summed E-state index contributed by atoms with van der Waals surface area (Å²) in [7, 11) is 0. The summed E-state index contributed by atoms with van der Waals surface area (Å²) in [4.78, 5) is 4.37. The largest absolute Gasteiger partial charge is 0.488 e. The summed E-state index contributed by atoms with van der Waals surface area (Å²) in [5, 5.41) is 4.20. The maximum absolute atomic E-state index is 5.82. The Kier molecular flexibility index (Phi) is 2.93. The topological polar surface area (TPSA) is 39.4 Å². The fourth-order valence-corrected chi connectivity index (χ4v) is 2.03. The van der Waals surface area contributed by atoms with Crippen LogP contribution in [0.25, 0.3) is 16.8 Å². The molecule has 3 aromatic rings. The second-order valence-electron chi connectivity index (χ2n) is 5.72. The van der Waals surface area contributed by atoms with Crippen LogP contribution in [-0.2, 0) is 0 Å². The first-order valence-electron chi connectivity index (χ1n) is 6.60. The van der Waals surface area contributed by atoms with E-state index in [2.05, 4.69) is 10.1 Å².